The summed E-state index contributed by atoms with van der Waals surface area (Å²) in [5.74, 6) is -1.19. The van der Waals surface area contributed by atoms with Gasteiger partial charge in [0.15, 0.2) is 5.78 Å². The number of nitrogens with one attached hydrogen (secondary N) is 2. The molecule has 2 aliphatic rings. The average Bonchev–Trinajstić information content (AvgIpc) is 3.10. The summed E-state index contributed by atoms with van der Waals surface area (Å²) < 4.78 is 0. The van der Waals surface area contributed by atoms with Crippen LogP contribution in [0.25, 0.3) is 10.9 Å². The van der Waals surface area contributed by atoms with Crippen LogP contribution >= 0.6 is 0 Å². The van der Waals surface area contributed by atoms with Gasteiger partial charge in [0.2, 0.25) is 17.7 Å². The van der Waals surface area contributed by atoms with E-state index in [9.17, 15) is 24.3 Å². The topological polar surface area (TPSA) is 129 Å². The molecule has 3 N–H and O–H groups in total. The molecule has 1 aromatic heterocycles. The van der Waals surface area contributed by atoms with Crippen molar-refractivity contribution >= 4 is 34.4 Å². The number of aliphatic hydroxyl groups excluding tert-OH is 1. The number of carbonyl (C=O) groups is 4. The molecule has 1 unspecified atom stereocenters. The van der Waals surface area contributed by atoms with Gasteiger partial charge in [0, 0.05) is 43.8 Å². The molecule has 7 atom stereocenters. The Labute approximate surface area is 303 Å². The maximum atomic E-state index is 14.2. The molecular formula is C42H56N4O5. The van der Waals surface area contributed by atoms with Crippen molar-refractivity contribution in [3.63, 3.8) is 0 Å². The molecule has 5 rings (SSSR count). The van der Waals surface area contributed by atoms with Crippen molar-refractivity contribution in [2.75, 3.05) is 14.1 Å². The second-order valence-corrected chi connectivity index (χ2v) is 16.2. The van der Waals surface area contributed by atoms with Gasteiger partial charge in [-0.05, 0) is 81.9 Å². The molecule has 0 bridgehead atoms. The van der Waals surface area contributed by atoms with Gasteiger partial charge in [0.05, 0.1) is 23.6 Å². The van der Waals surface area contributed by atoms with Crippen LogP contribution in [0.15, 0.2) is 66.7 Å². The van der Waals surface area contributed by atoms with Crippen molar-refractivity contribution in [2.45, 2.75) is 103 Å². The van der Waals surface area contributed by atoms with Crippen LogP contribution in [0.5, 0.6) is 0 Å². The summed E-state index contributed by atoms with van der Waals surface area (Å²) in [6.45, 7) is 5.97. The monoisotopic (exact) mass is 696 g/mol. The molecule has 1 heterocycles. The van der Waals surface area contributed by atoms with E-state index in [1.54, 1.807) is 20.2 Å². The minimum atomic E-state index is -0.964. The third-order valence-corrected chi connectivity index (χ3v) is 10.9. The molecule has 3 amide bonds. The minimum absolute atomic E-state index is 0.0374. The van der Waals surface area contributed by atoms with Crippen LogP contribution in [0, 0.1) is 29.6 Å². The molecule has 0 aliphatic heterocycles. The molecule has 2 aliphatic carbocycles. The molecule has 51 heavy (non-hydrogen) atoms. The normalized spacial score (nSPS) is 22.2. The lowest BCUT2D eigenvalue weighted by molar-refractivity contribution is -0.135. The Balaban J connectivity index is 1.38. The Morgan fingerprint density at radius 2 is 1.55 bits per heavy atom. The van der Waals surface area contributed by atoms with E-state index < -0.39 is 24.0 Å². The predicted molar refractivity (Wildman–Crippen MR) is 200 cm³/mol. The number of para-hydroxylation sites is 1. The number of aliphatic hydroxyl groups is 1. The quantitative estimate of drug-likeness (QED) is 0.185. The number of rotatable bonds is 13. The Kier molecular flexibility index (Phi) is 12.7. The third kappa shape index (κ3) is 10.5. The Bertz CT molecular complexity index is 1670. The number of aromatic nitrogens is 1. The van der Waals surface area contributed by atoms with Gasteiger partial charge < -0.3 is 20.6 Å². The van der Waals surface area contributed by atoms with E-state index in [0.717, 1.165) is 36.6 Å². The number of amides is 3. The van der Waals surface area contributed by atoms with Crippen LogP contribution in [-0.4, -0.2) is 70.3 Å². The highest BCUT2D eigenvalue weighted by atomic mass is 16.3. The minimum Gasteiger partial charge on any atom is -0.391 e. The van der Waals surface area contributed by atoms with Crippen LogP contribution in [0.2, 0.25) is 0 Å². The number of ketones is 1. The van der Waals surface area contributed by atoms with E-state index in [1.807, 2.05) is 81.4 Å². The molecule has 9 nitrogen and oxygen atoms in total. The summed E-state index contributed by atoms with van der Waals surface area (Å²) in [5, 5.41) is 19.2. The number of hydrogen-bond donors (Lipinski definition) is 3. The largest absolute Gasteiger partial charge is 0.391 e. The van der Waals surface area contributed by atoms with Crippen LogP contribution in [0.3, 0.4) is 0 Å². The molecule has 0 spiro atoms. The molecule has 2 fully saturated rings. The zero-order valence-electron chi connectivity index (χ0n) is 30.9. The highest BCUT2D eigenvalue weighted by molar-refractivity contribution is 5.99. The molecule has 2 aromatic carbocycles. The number of nitrogens with zero attached hydrogens (tertiary/aromatic N) is 2. The molecule has 0 saturated heterocycles. The first-order valence-corrected chi connectivity index (χ1v) is 18.7. The fourth-order valence-corrected chi connectivity index (χ4v) is 8.15. The second-order valence-electron chi connectivity index (χ2n) is 16.2. The van der Waals surface area contributed by atoms with Crippen molar-refractivity contribution in [2.24, 2.45) is 29.6 Å². The second kappa shape index (κ2) is 16.9. The Morgan fingerprint density at radius 1 is 0.882 bits per heavy atom. The van der Waals surface area contributed by atoms with Crippen LogP contribution in [-0.2, 0) is 20.8 Å². The highest BCUT2D eigenvalue weighted by Crippen LogP contribution is 2.47. The first kappa shape index (κ1) is 38.1. The van der Waals surface area contributed by atoms with Crippen LogP contribution in [0.1, 0.15) is 94.6 Å². The molecule has 274 valence electrons. The zero-order chi connectivity index (χ0) is 36.7. The SMILES string of the molecule is CN(C)C(=O)C[C@H](CC(=O)c1ccc2ccccc2n1)C(=O)N[C@@H](Cc1ccccc1)[C@H](O)CC1C[C@@H]2CCCC[C@@H]2C[C@H]1C(=O)NC(C)(C)C. The van der Waals surface area contributed by atoms with Crippen molar-refractivity contribution in [1.82, 2.24) is 20.5 Å². The Hall–Kier alpha value is -4.11. The first-order valence-electron chi connectivity index (χ1n) is 18.7. The summed E-state index contributed by atoms with van der Waals surface area (Å²) >= 11 is 0. The maximum absolute atomic E-state index is 14.2. The highest BCUT2D eigenvalue weighted by Gasteiger charge is 2.43. The molecular weight excluding hydrogens is 640 g/mol. The van der Waals surface area contributed by atoms with Gasteiger partial charge in [-0.25, -0.2) is 4.98 Å². The summed E-state index contributed by atoms with van der Waals surface area (Å²) in [5.41, 5.74) is 1.49. The number of hydrogen-bond acceptors (Lipinski definition) is 6. The summed E-state index contributed by atoms with van der Waals surface area (Å²) in [7, 11) is 3.25. The molecule has 3 aromatic rings. The van der Waals surface area contributed by atoms with Crippen molar-refractivity contribution in [3.8, 4) is 0 Å². The lowest BCUT2D eigenvalue weighted by atomic mass is 9.62. The van der Waals surface area contributed by atoms with Crippen molar-refractivity contribution in [1.29, 1.82) is 0 Å². The summed E-state index contributed by atoms with van der Waals surface area (Å²) in [6.07, 6.45) is 5.80. The van der Waals surface area contributed by atoms with Gasteiger partial charge in [-0.15, -0.1) is 0 Å². The third-order valence-electron chi connectivity index (χ3n) is 10.9. The number of benzene rings is 2. The molecule has 2 saturated carbocycles. The number of carbonyl (C=O) groups excluding carboxylic acids is 4. The predicted octanol–water partition coefficient (Wildman–Crippen LogP) is 6.13. The average molecular weight is 697 g/mol. The number of fused-ring (bicyclic) bond motifs is 2. The fourth-order valence-electron chi connectivity index (χ4n) is 8.15. The molecule has 9 heteroatoms. The van der Waals surface area contributed by atoms with Crippen LogP contribution < -0.4 is 10.6 Å². The van der Waals surface area contributed by atoms with E-state index in [1.165, 1.54) is 17.7 Å². The van der Waals surface area contributed by atoms with Gasteiger partial charge in [-0.2, -0.15) is 0 Å². The zero-order valence-corrected chi connectivity index (χ0v) is 30.9. The van der Waals surface area contributed by atoms with Crippen molar-refractivity contribution in [3.05, 3.63) is 78.0 Å². The first-order chi connectivity index (χ1) is 24.3. The lowest BCUT2D eigenvalue weighted by Crippen LogP contribution is -2.51. The summed E-state index contributed by atoms with van der Waals surface area (Å²) in [4.78, 5) is 60.4. The number of Topliss-reactive ketones (excluding diaryl/α,β-unsaturated/α-hetero) is 1. The fraction of sp³-hybridized carbons (Fsp3) is 0.548. The standard InChI is InChI=1S/C42H56N4O5/c1-42(2,3)45-41(51)33-23-30-17-10-9-16-29(30)22-31(33)24-38(48)36(21-27-13-7-6-8-14-27)44-40(50)32(26-39(49)46(4)5)25-37(47)35-20-19-28-15-11-12-18-34(28)43-35/h6-8,11-15,18-20,29-33,36,38,48H,9-10,16-17,21-26H2,1-5H3,(H,44,50)(H,45,51)/t29-,30+,31?,32-,33+,36-,38+/m0/s1. The van der Waals surface area contributed by atoms with E-state index >= 15 is 0 Å². The van der Waals surface area contributed by atoms with E-state index in [-0.39, 0.29) is 53.5 Å². The van der Waals surface area contributed by atoms with Crippen LogP contribution in [0.4, 0.5) is 0 Å². The maximum Gasteiger partial charge on any atom is 0.224 e. The van der Waals surface area contributed by atoms with Gasteiger partial charge in [-0.1, -0.05) is 80.3 Å². The van der Waals surface area contributed by atoms with Crippen molar-refractivity contribution < 1.29 is 24.3 Å². The van der Waals surface area contributed by atoms with Gasteiger partial charge in [0.25, 0.3) is 0 Å². The smallest absolute Gasteiger partial charge is 0.224 e. The van der Waals surface area contributed by atoms with E-state index in [0.29, 0.717) is 30.2 Å². The Morgan fingerprint density at radius 3 is 2.24 bits per heavy atom. The molecule has 0 radical (unpaired) electrons. The van der Waals surface area contributed by atoms with E-state index in [2.05, 4.69) is 15.6 Å². The summed E-state index contributed by atoms with van der Waals surface area (Å²) in [6, 6.07) is 20.0. The van der Waals surface area contributed by atoms with Gasteiger partial charge in [0.1, 0.15) is 5.69 Å². The van der Waals surface area contributed by atoms with Gasteiger partial charge >= 0.3 is 0 Å². The van der Waals surface area contributed by atoms with E-state index in [4.69, 9.17) is 0 Å². The lowest BCUT2D eigenvalue weighted by Gasteiger charge is -2.45. The van der Waals surface area contributed by atoms with Gasteiger partial charge in [-0.3, -0.25) is 19.2 Å². The number of pyridine rings is 1.